The minimum absolute atomic E-state index is 0. The summed E-state index contributed by atoms with van der Waals surface area (Å²) in [7, 11) is 0. The smallest absolute Gasteiger partial charge is 0.410 e. The van der Waals surface area contributed by atoms with Crippen molar-refractivity contribution in [1.82, 2.24) is 4.90 Å². The van der Waals surface area contributed by atoms with Crippen LogP contribution in [0.5, 0.6) is 0 Å². The summed E-state index contributed by atoms with van der Waals surface area (Å²) in [5.41, 5.74) is -0.478. The Kier molecular flexibility index (Phi) is 9.32. The second-order valence-corrected chi connectivity index (χ2v) is 6.73. The molecule has 1 heterocycles. The van der Waals surface area contributed by atoms with E-state index >= 15 is 0 Å². The number of nitrogens with zero attached hydrogens (tertiary/aromatic N) is 1. The van der Waals surface area contributed by atoms with Gasteiger partial charge >= 0.3 is 12.1 Å². The molecule has 0 saturated carbocycles. The van der Waals surface area contributed by atoms with Crippen LogP contribution in [0.4, 0.5) is 4.79 Å². The zero-order chi connectivity index (χ0) is 15.3. The summed E-state index contributed by atoms with van der Waals surface area (Å²) in [5, 5.41) is 9.04. The maximum absolute atomic E-state index is 11.9. The van der Waals surface area contributed by atoms with Gasteiger partial charge in [0.2, 0.25) is 0 Å². The second kappa shape index (κ2) is 9.28. The SMILES string of the molecule is CC(C)(C)OC(=O)N1CCC(CC(CS)C(=O)O)CC1.[Na]. The molecule has 1 atom stereocenters. The Hall–Kier alpha value is 0.0900. The molecule has 0 aromatic carbocycles. The van der Waals surface area contributed by atoms with Gasteiger partial charge in [0.25, 0.3) is 0 Å². The van der Waals surface area contributed by atoms with Crippen molar-refractivity contribution in [3.63, 3.8) is 0 Å². The summed E-state index contributed by atoms with van der Waals surface area (Å²) < 4.78 is 5.33. The molecule has 0 spiro atoms. The average molecular weight is 326 g/mol. The third kappa shape index (κ3) is 7.77. The van der Waals surface area contributed by atoms with E-state index in [0.717, 1.165) is 12.8 Å². The summed E-state index contributed by atoms with van der Waals surface area (Å²) >= 11 is 4.09. The zero-order valence-electron chi connectivity index (χ0n) is 13.5. The van der Waals surface area contributed by atoms with Crippen LogP contribution in [0.3, 0.4) is 0 Å². The van der Waals surface area contributed by atoms with Crippen molar-refractivity contribution in [1.29, 1.82) is 0 Å². The molecule has 21 heavy (non-hydrogen) atoms. The topological polar surface area (TPSA) is 66.8 Å². The van der Waals surface area contributed by atoms with Crippen molar-refractivity contribution >= 4 is 54.2 Å². The quantitative estimate of drug-likeness (QED) is 0.614. The minimum atomic E-state index is -0.783. The number of likely N-dealkylation sites (tertiary alicyclic amines) is 1. The summed E-state index contributed by atoms with van der Waals surface area (Å²) in [4.78, 5) is 24.6. The molecule has 1 aliphatic heterocycles. The number of carboxylic acid groups (broad SMARTS) is 1. The van der Waals surface area contributed by atoms with Crippen LogP contribution in [0.15, 0.2) is 0 Å². The van der Waals surface area contributed by atoms with E-state index in [0.29, 0.717) is 31.2 Å². The van der Waals surface area contributed by atoms with E-state index in [1.54, 1.807) is 4.90 Å². The van der Waals surface area contributed by atoms with E-state index in [1.807, 2.05) is 20.8 Å². The number of carboxylic acids is 1. The number of aliphatic carboxylic acids is 1. The van der Waals surface area contributed by atoms with E-state index in [1.165, 1.54) is 0 Å². The average Bonchev–Trinajstić information content (AvgIpc) is 2.34. The molecule has 0 aromatic rings. The van der Waals surface area contributed by atoms with Crippen LogP contribution in [0.2, 0.25) is 0 Å². The fraction of sp³-hybridized carbons (Fsp3) is 0.857. The Morgan fingerprint density at radius 2 is 1.86 bits per heavy atom. The van der Waals surface area contributed by atoms with E-state index in [9.17, 15) is 9.59 Å². The van der Waals surface area contributed by atoms with Crippen LogP contribution in [-0.4, -0.2) is 76.1 Å². The van der Waals surface area contributed by atoms with Crippen molar-refractivity contribution in [2.45, 2.75) is 45.6 Å². The van der Waals surface area contributed by atoms with Crippen LogP contribution < -0.4 is 0 Å². The molecule has 5 nitrogen and oxygen atoms in total. The van der Waals surface area contributed by atoms with Gasteiger partial charge in [0.05, 0.1) is 5.92 Å². The number of ether oxygens (including phenoxy) is 1. The van der Waals surface area contributed by atoms with Crippen LogP contribution in [-0.2, 0) is 9.53 Å². The summed E-state index contributed by atoms with van der Waals surface area (Å²) in [6.45, 7) is 6.82. The normalized spacial score (nSPS) is 17.8. The van der Waals surface area contributed by atoms with Crippen molar-refractivity contribution in [3.8, 4) is 0 Å². The summed E-state index contributed by atoms with van der Waals surface area (Å²) in [5.74, 6) is -0.463. The standard InChI is InChI=1S/C14H25NO4S.Na/c1-14(2,3)19-13(18)15-6-4-10(5-7-15)8-11(9-20)12(16)17;/h10-11,20H,4-9H2,1-3H3,(H,16,17);. The Bertz CT molecular complexity index is 351. The van der Waals surface area contributed by atoms with Crippen LogP contribution in [0.25, 0.3) is 0 Å². The van der Waals surface area contributed by atoms with E-state index in [4.69, 9.17) is 9.84 Å². The van der Waals surface area contributed by atoms with Gasteiger partial charge in [-0.3, -0.25) is 4.79 Å². The molecule has 117 valence electrons. The first-order chi connectivity index (χ1) is 9.23. The van der Waals surface area contributed by atoms with Crippen molar-refractivity contribution in [2.75, 3.05) is 18.8 Å². The van der Waals surface area contributed by atoms with Crippen LogP contribution in [0, 0.1) is 11.8 Å². The minimum Gasteiger partial charge on any atom is -0.481 e. The molecule has 0 aromatic heterocycles. The number of carbonyl (C=O) groups is 2. The van der Waals surface area contributed by atoms with Gasteiger partial charge in [0.1, 0.15) is 5.60 Å². The van der Waals surface area contributed by atoms with Crippen molar-refractivity contribution in [2.24, 2.45) is 11.8 Å². The molecule has 1 unspecified atom stereocenters. The molecule has 1 saturated heterocycles. The molecular formula is C14H25NNaO4S. The second-order valence-electron chi connectivity index (χ2n) is 6.36. The molecule has 7 heteroatoms. The Balaban J connectivity index is 0.00000400. The first-order valence-corrected chi connectivity index (χ1v) is 7.67. The largest absolute Gasteiger partial charge is 0.481 e. The van der Waals surface area contributed by atoms with E-state index in [2.05, 4.69) is 12.6 Å². The fourth-order valence-electron chi connectivity index (χ4n) is 2.33. The molecule has 1 radical (unpaired) electrons. The number of thiol groups is 1. The zero-order valence-corrected chi connectivity index (χ0v) is 16.4. The molecule has 1 N–H and O–H groups in total. The van der Waals surface area contributed by atoms with Gasteiger partial charge in [-0.2, -0.15) is 12.6 Å². The van der Waals surface area contributed by atoms with E-state index in [-0.39, 0.29) is 35.7 Å². The van der Waals surface area contributed by atoms with Gasteiger partial charge in [-0.15, -0.1) is 0 Å². The molecule has 1 fully saturated rings. The van der Waals surface area contributed by atoms with Gasteiger partial charge in [-0.25, -0.2) is 4.79 Å². The number of amides is 1. The number of rotatable bonds is 4. The number of piperidine rings is 1. The van der Waals surface area contributed by atoms with Crippen molar-refractivity contribution in [3.05, 3.63) is 0 Å². The number of carbonyl (C=O) groups excluding carboxylic acids is 1. The fourth-order valence-corrected chi connectivity index (χ4v) is 2.64. The third-order valence-electron chi connectivity index (χ3n) is 3.45. The van der Waals surface area contributed by atoms with Crippen LogP contribution >= 0.6 is 12.6 Å². The third-order valence-corrected chi connectivity index (χ3v) is 3.89. The molecule has 0 aliphatic carbocycles. The Labute approximate surface area is 154 Å². The molecule has 1 aliphatic rings. The maximum Gasteiger partial charge on any atom is 0.410 e. The predicted molar refractivity (Wildman–Crippen MR) is 85.9 cm³/mol. The number of hydrogen-bond donors (Lipinski definition) is 2. The number of hydrogen-bond acceptors (Lipinski definition) is 4. The van der Waals surface area contributed by atoms with Gasteiger partial charge in [-0.1, -0.05) is 0 Å². The van der Waals surface area contributed by atoms with Crippen molar-refractivity contribution < 1.29 is 19.4 Å². The monoisotopic (exact) mass is 326 g/mol. The van der Waals surface area contributed by atoms with Gasteiger partial charge in [0.15, 0.2) is 0 Å². The summed E-state index contributed by atoms with van der Waals surface area (Å²) in [6, 6.07) is 0. The first kappa shape index (κ1) is 21.1. The Morgan fingerprint density at radius 1 is 1.33 bits per heavy atom. The molecule has 1 rings (SSSR count). The van der Waals surface area contributed by atoms with Crippen LogP contribution in [0.1, 0.15) is 40.0 Å². The first-order valence-electron chi connectivity index (χ1n) is 7.04. The maximum atomic E-state index is 11.9. The van der Waals surface area contributed by atoms with Gasteiger partial charge in [0, 0.05) is 48.4 Å². The predicted octanol–water partition coefficient (Wildman–Crippen LogP) is 2.27. The Morgan fingerprint density at radius 3 is 2.24 bits per heavy atom. The molecular weight excluding hydrogens is 301 g/mol. The molecule has 1 amide bonds. The van der Waals surface area contributed by atoms with E-state index < -0.39 is 17.5 Å². The van der Waals surface area contributed by atoms with Gasteiger partial charge in [-0.05, 0) is 46.0 Å². The molecule has 0 bridgehead atoms. The summed E-state index contributed by atoms with van der Waals surface area (Å²) in [6.07, 6.45) is 2.02. The van der Waals surface area contributed by atoms with Gasteiger partial charge < -0.3 is 14.7 Å².